The Kier molecular flexibility index (Phi) is 4.07. The van der Waals surface area contributed by atoms with E-state index < -0.39 is 0 Å². The fourth-order valence-electron chi connectivity index (χ4n) is 4.82. The van der Waals surface area contributed by atoms with Crippen LogP contribution in [0.1, 0.15) is 58.8 Å². The van der Waals surface area contributed by atoms with E-state index >= 15 is 0 Å². The van der Waals surface area contributed by atoms with Gasteiger partial charge in [0.1, 0.15) is 0 Å². The molecular weight excluding hydrogens is 248 g/mol. The number of piperidine rings is 1. The van der Waals surface area contributed by atoms with E-state index in [2.05, 4.69) is 18.7 Å². The first-order valence-corrected chi connectivity index (χ1v) is 8.62. The molecule has 0 aromatic heterocycles. The first-order valence-electron chi connectivity index (χ1n) is 8.62. The van der Waals surface area contributed by atoms with Crippen molar-refractivity contribution in [3.05, 3.63) is 0 Å². The van der Waals surface area contributed by atoms with Crippen LogP contribution in [0, 0.1) is 23.7 Å². The summed E-state index contributed by atoms with van der Waals surface area (Å²) in [7, 11) is 0. The average molecular weight is 278 g/mol. The molecule has 2 N–H and O–H groups in total. The van der Waals surface area contributed by atoms with Crippen molar-refractivity contribution in [1.29, 1.82) is 0 Å². The van der Waals surface area contributed by atoms with Crippen LogP contribution in [-0.2, 0) is 4.79 Å². The first-order chi connectivity index (χ1) is 9.56. The highest BCUT2D eigenvalue weighted by Gasteiger charge is 2.42. The van der Waals surface area contributed by atoms with Crippen LogP contribution in [-0.4, -0.2) is 29.4 Å². The van der Waals surface area contributed by atoms with Crippen molar-refractivity contribution >= 4 is 5.91 Å². The van der Waals surface area contributed by atoms with Gasteiger partial charge in [0.05, 0.1) is 0 Å². The predicted octanol–water partition coefficient (Wildman–Crippen LogP) is 2.79. The van der Waals surface area contributed by atoms with Gasteiger partial charge in [0, 0.05) is 24.5 Å². The third-order valence-corrected chi connectivity index (χ3v) is 6.16. The third-order valence-electron chi connectivity index (χ3n) is 6.16. The number of hydrogen-bond acceptors (Lipinski definition) is 2. The van der Waals surface area contributed by atoms with Crippen LogP contribution < -0.4 is 5.73 Å². The second-order valence-corrected chi connectivity index (χ2v) is 7.72. The minimum absolute atomic E-state index is 0.262. The highest BCUT2D eigenvalue weighted by molar-refractivity contribution is 5.79. The SMILES string of the molecule is CC1CCC(C)N(C(=O)C2CC3CCCC(C2)C3N)C1. The predicted molar refractivity (Wildman–Crippen MR) is 81.1 cm³/mol. The lowest BCUT2D eigenvalue weighted by molar-refractivity contribution is -0.143. The number of rotatable bonds is 1. The summed E-state index contributed by atoms with van der Waals surface area (Å²) in [6.07, 6.45) is 8.35. The van der Waals surface area contributed by atoms with Gasteiger partial charge in [-0.2, -0.15) is 0 Å². The van der Waals surface area contributed by atoms with Gasteiger partial charge in [0.25, 0.3) is 0 Å². The van der Waals surface area contributed by atoms with Crippen LogP contribution in [0.2, 0.25) is 0 Å². The van der Waals surface area contributed by atoms with Crippen molar-refractivity contribution in [2.45, 2.75) is 70.9 Å². The quantitative estimate of drug-likeness (QED) is 0.801. The first kappa shape index (κ1) is 14.4. The van der Waals surface area contributed by atoms with Gasteiger partial charge < -0.3 is 10.6 Å². The summed E-state index contributed by atoms with van der Waals surface area (Å²) in [6, 6.07) is 0.805. The van der Waals surface area contributed by atoms with Crippen molar-refractivity contribution in [3.63, 3.8) is 0 Å². The Labute approximate surface area is 123 Å². The van der Waals surface area contributed by atoms with Gasteiger partial charge in [-0.15, -0.1) is 0 Å². The largest absolute Gasteiger partial charge is 0.339 e. The molecule has 4 atom stereocenters. The fraction of sp³-hybridized carbons (Fsp3) is 0.941. The Morgan fingerprint density at radius 3 is 2.35 bits per heavy atom. The zero-order chi connectivity index (χ0) is 14.3. The molecule has 3 nitrogen and oxygen atoms in total. The maximum Gasteiger partial charge on any atom is 0.225 e. The van der Waals surface area contributed by atoms with Crippen molar-refractivity contribution in [1.82, 2.24) is 4.90 Å². The molecule has 4 unspecified atom stereocenters. The monoisotopic (exact) mass is 278 g/mol. The minimum atomic E-state index is 0.262. The average Bonchev–Trinajstić information content (AvgIpc) is 2.40. The van der Waals surface area contributed by atoms with E-state index in [9.17, 15) is 4.79 Å². The van der Waals surface area contributed by atoms with Crippen LogP contribution >= 0.6 is 0 Å². The lowest BCUT2D eigenvalue weighted by atomic mass is 9.64. The lowest BCUT2D eigenvalue weighted by Crippen LogP contribution is -2.52. The minimum Gasteiger partial charge on any atom is -0.339 e. The Morgan fingerprint density at radius 1 is 1.05 bits per heavy atom. The molecule has 20 heavy (non-hydrogen) atoms. The summed E-state index contributed by atoms with van der Waals surface area (Å²) >= 11 is 0. The Morgan fingerprint density at radius 2 is 1.70 bits per heavy atom. The van der Waals surface area contributed by atoms with Crippen LogP contribution in [0.25, 0.3) is 0 Å². The summed E-state index contributed by atoms with van der Waals surface area (Å²) in [6.45, 7) is 5.47. The van der Waals surface area contributed by atoms with E-state index in [0.717, 1.165) is 19.4 Å². The smallest absolute Gasteiger partial charge is 0.225 e. The summed E-state index contributed by atoms with van der Waals surface area (Å²) in [5.74, 6) is 2.58. The molecule has 3 rings (SSSR count). The van der Waals surface area contributed by atoms with E-state index in [1.807, 2.05) is 0 Å². The topological polar surface area (TPSA) is 46.3 Å². The van der Waals surface area contributed by atoms with Gasteiger partial charge in [0.2, 0.25) is 5.91 Å². The molecule has 1 aliphatic heterocycles. The normalized spacial score (nSPS) is 45.2. The van der Waals surface area contributed by atoms with E-state index in [0.29, 0.717) is 35.7 Å². The molecule has 1 amide bonds. The molecule has 3 aliphatic rings. The second kappa shape index (κ2) is 5.67. The number of amides is 1. The highest BCUT2D eigenvalue weighted by Crippen LogP contribution is 2.43. The van der Waals surface area contributed by atoms with Crippen LogP contribution in [0.3, 0.4) is 0 Å². The maximum atomic E-state index is 12.9. The fourth-order valence-corrected chi connectivity index (χ4v) is 4.82. The molecule has 0 radical (unpaired) electrons. The molecule has 114 valence electrons. The lowest BCUT2D eigenvalue weighted by Gasteiger charge is -2.46. The number of carbonyl (C=O) groups is 1. The molecule has 3 heteroatoms. The van der Waals surface area contributed by atoms with Crippen molar-refractivity contribution in [3.8, 4) is 0 Å². The van der Waals surface area contributed by atoms with Crippen LogP contribution in [0.15, 0.2) is 0 Å². The zero-order valence-corrected chi connectivity index (χ0v) is 13.1. The van der Waals surface area contributed by atoms with Gasteiger partial charge in [-0.25, -0.2) is 0 Å². The van der Waals surface area contributed by atoms with Crippen LogP contribution in [0.4, 0.5) is 0 Å². The van der Waals surface area contributed by atoms with Gasteiger partial charge in [0.15, 0.2) is 0 Å². The van der Waals surface area contributed by atoms with E-state index in [1.54, 1.807) is 0 Å². The summed E-state index contributed by atoms with van der Waals surface area (Å²) in [5.41, 5.74) is 6.35. The third kappa shape index (κ3) is 2.61. The highest BCUT2D eigenvalue weighted by atomic mass is 16.2. The Hall–Kier alpha value is -0.570. The van der Waals surface area contributed by atoms with Crippen molar-refractivity contribution < 1.29 is 4.79 Å². The summed E-state index contributed by atoms with van der Waals surface area (Å²) < 4.78 is 0. The summed E-state index contributed by atoms with van der Waals surface area (Å²) in [4.78, 5) is 15.1. The Balaban J connectivity index is 1.68. The number of carbonyl (C=O) groups excluding carboxylic acids is 1. The molecular formula is C17H30N2O. The Bertz CT molecular complexity index is 356. The zero-order valence-electron chi connectivity index (χ0n) is 13.1. The number of hydrogen-bond donors (Lipinski definition) is 1. The molecule has 2 saturated carbocycles. The standard InChI is InChI=1S/C17H30N2O/c1-11-6-7-12(2)19(10-11)17(20)15-8-13-4-3-5-14(9-15)16(13)18/h11-16H,3-10,18H2,1-2H3. The van der Waals surface area contributed by atoms with E-state index in [1.165, 1.54) is 32.1 Å². The van der Waals surface area contributed by atoms with Crippen LogP contribution in [0.5, 0.6) is 0 Å². The van der Waals surface area contributed by atoms with Gasteiger partial charge in [-0.1, -0.05) is 13.3 Å². The molecule has 2 aliphatic carbocycles. The van der Waals surface area contributed by atoms with Gasteiger partial charge >= 0.3 is 0 Å². The molecule has 0 aromatic rings. The number of fused-ring (bicyclic) bond motifs is 2. The molecule has 1 heterocycles. The maximum absolute atomic E-state index is 12.9. The number of nitrogens with two attached hydrogens (primary N) is 1. The second-order valence-electron chi connectivity index (χ2n) is 7.72. The number of likely N-dealkylation sites (tertiary alicyclic amines) is 1. The number of nitrogens with zero attached hydrogens (tertiary/aromatic N) is 1. The van der Waals surface area contributed by atoms with Gasteiger partial charge in [-0.3, -0.25) is 4.79 Å². The molecule has 0 aromatic carbocycles. The van der Waals surface area contributed by atoms with Gasteiger partial charge in [-0.05, 0) is 63.2 Å². The molecule has 0 spiro atoms. The van der Waals surface area contributed by atoms with E-state index in [4.69, 9.17) is 5.73 Å². The molecule has 3 fully saturated rings. The molecule has 2 bridgehead atoms. The van der Waals surface area contributed by atoms with E-state index in [-0.39, 0.29) is 5.92 Å². The van der Waals surface area contributed by atoms with Crippen molar-refractivity contribution in [2.75, 3.05) is 6.54 Å². The van der Waals surface area contributed by atoms with Crippen molar-refractivity contribution in [2.24, 2.45) is 29.4 Å². The molecule has 1 saturated heterocycles. The summed E-state index contributed by atoms with van der Waals surface area (Å²) in [5, 5.41) is 0.